The summed E-state index contributed by atoms with van der Waals surface area (Å²) in [5.41, 5.74) is 0. The lowest BCUT2D eigenvalue weighted by molar-refractivity contribution is -0.108. The van der Waals surface area contributed by atoms with Gasteiger partial charge in [0, 0.05) is 6.42 Å². The number of carbonyl (C=O) groups is 2. The molecule has 0 aliphatic carbocycles. The Kier molecular flexibility index (Phi) is 6.36. The van der Waals surface area contributed by atoms with Crippen LogP contribution in [0.2, 0.25) is 0 Å². The average molecular weight is 126 g/mol. The Bertz CT molecular complexity index is 105. The first kappa shape index (κ1) is 8.08. The molecule has 0 unspecified atom stereocenters. The highest BCUT2D eigenvalue weighted by atomic mass is 16.1. The Labute approximate surface area is 54.6 Å². The van der Waals surface area contributed by atoms with E-state index in [9.17, 15) is 9.59 Å². The van der Waals surface area contributed by atoms with Crippen molar-refractivity contribution in [2.75, 3.05) is 0 Å². The van der Waals surface area contributed by atoms with Crippen LogP contribution >= 0.6 is 0 Å². The minimum absolute atomic E-state index is 0.587. The second-order valence-corrected chi connectivity index (χ2v) is 1.66. The van der Waals surface area contributed by atoms with Gasteiger partial charge in [-0.3, -0.25) is 4.79 Å². The van der Waals surface area contributed by atoms with Gasteiger partial charge in [-0.15, -0.1) is 0 Å². The van der Waals surface area contributed by atoms with Crippen molar-refractivity contribution in [1.82, 2.24) is 0 Å². The van der Waals surface area contributed by atoms with Crippen LogP contribution in [0.5, 0.6) is 0 Å². The SMILES string of the molecule is O=CC=CCCCC=O. The second kappa shape index (κ2) is 7.08. The monoisotopic (exact) mass is 126 g/mol. The molecule has 0 aromatic rings. The van der Waals surface area contributed by atoms with Gasteiger partial charge in [-0.2, -0.15) is 0 Å². The molecular formula is C7H10O2. The molecule has 0 rings (SSSR count). The van der Waals surface area contributed by atoms with Crippen LogP contribution < -0.4 is 0 Å². The van der Waals surface area contributed by atoms with Gasteiger partial charge < -0.3 is 4.79 Å². The number of hydrogen-bond acceptors (Lipinski definition) is 2. The Morgan fingerprint density at radius 3 is 2.44 bits per heavy atom. The van der Waals surface area contributed by atoms with E-state index in [1.807, 2.05) is 0 Å². The summed E-state index contributed by atoms with van der Waals surface area (Å²) in [4.78, 5) is 19.4. The van der Waals surface area contributed by atoms with Gasteiger partial charge in [0.1, 0.15) is 12.6 Å². The summed E-state index contributed by atoms with van der Waals surface area (Å²) in [6.07, 6.45) is 7.07. The number of aldehydes is 2. The van der Waals surface area contributed by atoms with E-state index in [0.29, 0.717) is 6.42 Å². The van der Waals surface area contributed by atoms with Crippen LogP contribution in [0.3, 0.4) is 0 Å². The van der Waals surface area contributed by atoms with Crippen LogP contribution in [0, 0.1) is 0 Å². The maximum Gasteiger partial charge on any atom is 0.142 e. The smallest absolute Gasteiger partial charge is 0.142 e. The summed E-state index contributed by atoms with van der Waals surface area (Å²) in [5, 5.41) is 0. The number of rotatable bonds is 5. The molecule has 2 heteroatoms. The zero-order valence-corrected chi connectivity index (χ0v) is 5.25. The van der Waals surface area contributed by atoms with Crippen LogP contribution in [-0.2, 0) is 9.59 Å². The molecule has 2 nitrogen and oxygen atoms in total. The Morgan fingerprint density at radius 2 is 1.89 bits per heavy atom. The molecule has 0 N–H and O–H groups in total. The van der Waals surface area contributed by atoms with Gasteiger partial charge in [0.25, 0.3) is 0 Å². The third-order valence-corrected chi connectivity index (χ3v) is 0.907. The third kappa shape index (κ3) is 7.08. The van der Waals surface area contributed by atoms with Crippen molar-refractivity contribution < 1.29 is 9.59 Å². The van der Waals surface area contributed by atoms with Gasteiger partial charge in [0.15, 0.2) is 0 Å². The van der Waals surface area contributed by atoms with Crippen molar-refractivity contribution >= 4 is 12.6 Å². The summed E-state index contributed by atoms with van der Waals surface area (Å²) in [6.45, 7) is 0. The van der Waals surface area contributed by atoms with Crippen molar-refractivity contribution in [3.8, 4) is 0 Å². The highest BCUT2D eigenvalue weighted by Gasteiger charge is 1.79. The van der Waals surface area contributed by atoms with Crippen LogP contribution in [0.1, 0.15) is 19.3 Å². The zero-order valence-electron chi connectivity index (χ0n) is 5.25. The zero-order chi connectivity index (χ0) is 6.95. The predicted molar refractivity (Wildman–Crippen MR) is 35.1 cm³/mol. The van der Waals surface area contributed by atoms with Crippen molar-refractivity contribution in [1.29, 1.82) is 0 Å². The maximum atomic E-state index is 9.74. The molecule has 0 spiro atoms. The third-order valence-electron chi connectivity index (χ3n) is 0.907. The number of allylic oxidation sites excluding steroid dienone is 2. The first-order chi connectivity index (χ1) is 4.41. The number of carbonyl (C=O) groups excluding carboxylic acids is 2. The lowest BCUT2D eigenvalue weighted by Gasteiger charge is -1.83. The molecule has 0 saturated heterocycles. The van der Waals surface area contributed by atoms with Gasteiger partial charge in [0.05, 0.1) is 0 Å². The summed E-state index contributed by atoms with van der Waals surface area (Å²) in [7, 11) is 0. The summed E-state index contributed by atoms with van der Waals surface area (Å²) in [6, 6.07) is 0. The van der Waals surface area contributed by atoms with Crippen molar-refractivity contribution in [3.05, 3.63) is 12.2 Å². The molecule has 0 fully saturated rings. The van der Waals surface area contributed by atoms with E-state index in [-0.39, 0.29) is 0 Å². The molecule has 0 bridgehead atoms. The van der Waals surface area contributed by atoms with E-state index >= 15 is 0 Å². The first-order valence-corrected chi connectivity index (χ1v) is 2.95. The lowest BCUT2D eigenvalue weighted by Crippen LogP contribution is -1.73. The minimum Gasteiger partial charge on any atom is -0.303 e. The molecule has 0 radical (unpaired) electrons. The number of unbranched alkanes of at least 4 members (excludes halogenated alkanes) is 2. The normalized spacial score (nSPS) is 9.78. The molecular weight excluding hydrogens is 116 g/mol. The summed E-state index contributed by atoms with van der Waals surface area (Å²) in [5.74, 6) is 0. The fraction of sp³-hybridized carbons (Fsp3) is 0.429. The maximum absolute atomic E-state index is 9.74. The summed E-state index contributed by atoms with van der Waals surface area (Å²) >= 11 is 0. The van der Waals surface area contributed by atoms with Crippen LogP contribution in [0.4, 0.5) is 0 Å². The topological polar surface area (TPSA) is 34.1 Å². The van der Waals surface area contributed by atoms with Crippen molar-refractivity contribution in [2.45, 2.75) is 19.3 Å². The molecule has 0 aliphatic heterocycles. The second-order valence-electron chi connectivity index (χ2n) is 1.66. The molecule has 0 saturated carbocycles. The molecule has 0 atom stereocenters. The van der Waals surface area contributed by atoms with Crippen molar-refractivity contribution in [3.63, 3.8) is 0 Å². The van der Waals surface area contributed by atoms with E-state index in [4.69, 9.17) is 0 Å². The van der Waals surface area contributed by atoms with Gasteiger partial charge in [-0.05, 0) is 18.9 Å². The van der Waals surface area contributed by atoms with Gasteiger partial charge in [-0.25, -0.2) is 0 Å². The lowest BCUT2D eigenvalue weighted by atomic mass is 10.2. The standard InChI is InChI=1S/C7H10O2/c8-6-4-2-1-3-5-7-9/h2,4,6-7H,1,3,5H2. The van der Waals surface area contributed by atoms with Gasteiger partial charge >= 0.3 is 0 Å². The molecule has 50 valence electrons. The minimum atomic E-state index is 0.587. The Balaban J connectivity index is 2.98. The molecule has 0 aromatic carbocycles. The van der Waals surface area contributed by atoms with E-state index in [2.05, 4.69) is 0 Å². The van der Waals surface area contributed by atoms with Crippen LogP contribution in [-0.4, -0.2) is 12.6 Å². The van der Waals surface area contributed by atoms with Gasteiger partial charge in [-0.1, -0.05) is 6.08 Å². The largest absolute Gasteiger partial charge is 0.303 e. The van der Waals surface area contributed by atoms with Crippen LogP contribution in [0.15, 0.2) is 12.2 Å². The highest BCUT2D eigenvalue weighted by Crippen LogP contribution is 1.92. The molecule has 0 amide bonds. The molecule has 0 aliphatic rings. The fourth-order valence-corrected chi connectivity index (χ4v) is 0.471. The van der Waals surface area contributed by atoms with Gasteiger partial charge in [0.2, 0.25) is 0 Å². The fourth-order valence-electron chi connectivity index (χ4n) is 0.471. The summed E-state index contributed by atoms with van der Waals surface area (Å²) < 4.78 is 0. The highest BCUT2D eigenvalue weighted by molar-refractivity contribution is 5.64. The molecule has 9 heavy (non-hydrogen) atoms. The average Bonchev–Trinajstić information content (AvgIpc) is 1.89. The quantitative estimate of drug-likeness (QED) is 0.314. The van der Waals surface area contributed by atoms with Crippen LogP contribution in [0.25, 0.3) is 0 Å². The Hall–Kier alpha value is -0.920. The molecule has 0 aromatic heterocycles. The van der Waals surface area contributed by atoms with E-state index in [1.165, 1.54) is 6.08 Å². The van der Waals surface area contributed by atoms with E-state index in [0.717, 1.165) is 25.4 Å². The van der Waals surface area contributed by atoms with E-state index in [1.54, 1.807) is 6.08 Å². The predicted octanol–water partition coefficient (Wildman–Crippen LogP) is 1.11. The first-order valence-electron chi connectivity index (χ1n) is 2.95. The van der Waals surface area contributed by atoms with Crippen molar-refractivity contribution in [2.24, 2.45) is 0 Å². The number of hydrogen-bond donors (Lipinski definition) is 0. The molecule has 0 heterocycles. The van der Waals surface area contributed by atoms with E-state index < -0.39 is 0 Å². The Morgan fingerprint density at radius 1 is 1.11 bits per heavy atom.